The van der Waals surface area contributed by atoms with Crippen LogP contribution in [0.2, 0.25) is 5.02 Å². The monoisotopic (exact) mass is 297 g/mol. The molecule has 1 aliphatic rings. The van der Waals surface area contributed by atoms with Gasteiger partial charge in [-0.2, -0.15) is 0 Å². The fourth-order valence-electron chi connectivity index (χ4n) is 3.39. The molecular formula is C17H25ClFN. The van der Waals surface area contributed by atoms with E-state index in [4.69, 9.17) is 11.6 Å². The third-order valence-corrected chi connectivity index (χ3v) is 4.88. The van der Waals surface area contributed by atoms with E-state index in [2.05, 4.69) is 19.2 Å². The molecule has 0 saturated heterocycles. The van der Waals surface area contributed by atoms with E-state index in [0.29, 0.717) is 11.1 Å². The van der Waals surface area contributed by atoms with E-state index >= 15 is 0 Å². The number of halogens is 2. The van der Waals surface area contributed by atoms with Crippen LogP contribution in [0.3, 0.4) is 0 Å². The molecule has 2 atom stereocenters. The van der Waals surface area contributed by atoms with E-state index in [9.17, 15) is 4.39 Å². The molecule has 112 valence electrons. The number of benzene rings is 1. The Morgan fingerprint density at radius 3 is 2.60 bits per heavy atom. The Kier molecular flexibility index (Phi) is 5.86. The molecule has 1 aromatic rings. The zero-order valence-electron chi connectivity index (χ0n) is 12.5. The van der Waals surface area contributed by atoms with Crippen molar-refractivity contribution in [2.75, 3.05) is 0 Å². The van der Waals surface area contributed by atoms with Crippen molar-refractivity contribution < 1.29 is 4.39 Å². The van der Waals surface area contributed by atoms with Gasteiger partial charge in [-0.15, -0.1) is 0 Å². The Morgan fingerprint density at radius 2 is 2.00 bits per heavy atom. The van der Waals surface area contributed by atoms with Crippen molar-refractivity contribution in [3.8, 4) is 0 Å². The summed E-state index contributed by atoms with van der Waals surface area (Å²) in [6.45, 7) is 4.36. The normalized spacial score (nSPS) is 19.8. The molecule has 2 unspecified atom stereocenters. The fraction of sp³-hybridized carbons (Fsp3) is 0.647. The van der Waals surface area contributed by atoms with Crippen LogP contribution < -0.4 is 5.32 Å². The molecule has 1 N–H and O–H groups in total. The summed E-state index contributed by atoms with van der Waals surface area (Å²) in [6.07, 6.45) is 7.88. The van der Waals surface area contributed by atoms with Gasteiger partial charge in [0.15, 0.2) is 0 Å². The predicted octanol–water partition coefficient (Wildman–Crippen LogP) is 5.49. The van der Waals surface area contributed by atoms with Crippen molar-refractivity contribution in [3.63, 3.8) is 0 Å². The lowest BCUT2D eigenvalue weighted by Crippen LogP contribution is -2.38. The van der Waals surface area contributed by atoms with Gasteiger partial charge in [0.2, 0.25) is 0 Å². The summed E-state index contributed by atoms with van der Waals surface area (Å²) >= 11 is 6.16. The van der Waals surface area contributed by atoms with Crippen molar-refractivity contribution in [1.82, 2.24) is 5.32 Å². The molecule has 1 aliphatic carbocycles. The molecule has 3 heteroatoms. The van der Waals surface area contributed by atoms with Gasteiger partial charge in [0.25, 0.3) is 0 Å². The Balaban J connectivity index is 2.02. The molecule has 0 bridgehead atoms. The molecule has 1 aromatic carbocycles. The largest absolute Gasteiger partial charge is 0.307 e. The van der Waals surface area contributed by atoms with E-state index in [1.807, 2.05) is 0 Å². The minimum absolute atomic E-state index is 0.162. The first-order chi connectivity index (χ1) is 9.61. The molecular weight excluding hydrogens is 273 g/mol. The topological polar surface area (TPSA) is 12.0 Å². The first kappa shape index (κ1) is 15.8. The predicted molar refractivity (Wildman–Crippen MR) is 83.6 cm³/mol. The molecule has 0 radical (unpaired) electrons. The highest BCUT2D eigenvalue weighted by Gasteiger charge is 2.24. The molecule has 0 heterocycles. The standard InChI is InChI=1S/C17H25ClFN/c1-3-17(13-7-5-4-6-8-13)20-12(2)15-10-9-14(19)11-16(15)18/h9-13,17,20H,3-8H2,1-2H3. The second-order valence-corrected chi connectivity index (χ2v) is 6.37. The van der Waals surface area contributed by atoms with Gasteiger partial charge < -0.3 is 5.32 Å². The van der Waals surface area contributed by atoms with Crippen LogP contribution in [0.15, 0.2) is 18.2 Å². The summed E-state index contributed by atoms with van der Waals surface area (Å²) in [5.74, 6) is 0.501. The van der Waals surface area contributed by atoms with Gasteiger partial charge in [-0.1, -0.05) is 43.9 Å². The molecule has 0 spiro atoms. The summed E-state index contributed by atoms with van der Waals surface area (Å²) < 4.78 is 13.1. The van der Waals surface area contributed by atoms with Crippen molar-refractivity contribution >= 4 is 11.6 Å². The quantitative estimate of drug-likeness (QED) is 0.758. The molecule has 2 rings (SSSR count). The number of nitrogens with one attached hydrogen (secondary N) is 1. The summed E-state index contributed by atoms with van der Waals surface area (Å²) in [5.41, 5.74) is 0.988. The lowest BCUT2D eigenvalue weighted by atomic mass is 9.82. The van der Waals surface area contributed by atoms with Gasteiger partial charge >= 0.3 is 0 Å². The number of hydrogen-bond acceptors (Lipinski definition) is 1. The average molecular weight is 298 g/mol. The van der Waals surface area contributed by atoms with Crippen LogP contribution in [0.1, 0.15) is 64.0 Å². The van der Waals surface area contributed by atoms with E-state index in [0.717, 1.165) is 17.9 Å². The van der Waals surface area contributed by atoms with Gasteiger partial charge in [0.05, 0.1) is 0 Å². The lowest BCUT2D eigenvalue weighted by molar-refractivity contribution is 0.249. The summed E-state index contributed by atoms with van der Waals surface area (Å²) in [4.78, 5) is 0. The van der Waals surface area contributed by atoms with Crippen molar-refractivity contribution in [2.24, 2.45) is 5.92 Å². The van der Waals surface area contributed by atoms with Gasteiger partial charge in [0.1, 0.15) is 5.82 Å². The lowest BCUT2D eigenvalue weighted by Gasteiger charge is -2.33. The Hall–Kier alpha value is -0.600. The molecule has 0 aromatic heterocycles. The van der Waals surface area contributed by atoms with E-state index in [1.54, 1.807) is 6.07 Å². The summed E-state index contributed by atoms with van der Waals surface area (Å²) in [5, 5.41) is 4.22. The zero-order valence-corrected chi connectivity index (χ0v) is 13.2. The maximum Gasteiger partial charge on any atom is 0.124 e. The Bertz CT molecular complexity index is 429. The minimum Gasteiger partial charge on any atom is -0.307 e. The first-order valence-electron chi connectivity index (χ1n) is 7.82. The van der Waals surface area contributed by atoms with E-state index in [1.165, 1.54) is 44.2 Å². The molecule has 20 heavy (non-hydrogen) atoms. The maximum absolute atomic E-state index is 13.1. The van der Waals surface area contributed by atoms with E-state index in [-0.39, 0.29) is 11.9 Å². The highest BCUT2D eigenvalue weighted by atomic mass is 35.5. The Morgan fingerprint density at radius 1 is 1.30 bits per heavy atom. The van der Waals surface area contributed by atoms with Crippen LogP contribution in [0.25, 0.3) is 0 Å². The van der Waals surface area contributed by atoms with Crippen LogP contribution in [-0.4, -0.2) is 6.04 Å². The second kappa shape index (κ2) is 7.42. The van der Waals surface area contributed by atoms with Crippen LogP contribution in [0, 0.1) is 11.7 Å². The molecule has 1 nitrogen and oxygen atoms in total. The van der Waals surface area contributed by atoms with Crippen LogP contribution in [0.4, 0.5) is 4.39 Å². The first-order valence-corrected chi connectivity index (χ1v) is 8.20. The van der Waals surface area contributed by atoms with Crippen molar-refractivity contribution in [2.45, 2.75) is 64.5 Å². The fourth-order valence-corrected chi connectivity index (χ4v) is 3.72. The SMILES string of the molecule is CCC(NC(C)c1ccc(F)cc1Cl)C1CCCCC1. The van der Waals surface area contributed by atoms with Crippen LogP contribution >= 0.6 is 11.6 Å². The van der Waals surface area contributed by atoms with Gasteiger partial charge in [0, 0.05) is 17.1 Å². The average Bonchev–Trinajstić information content (AvgIpc) is 2.45. The third kappa shape index (κ3) is 3.95. The molecule has 0 aliphatic heterocycles. The number of rotatable bonds is 5. The minimum atomic E-state index is -0.273. The van der Waals surface area contributed by atoms with E-state index < -0.39 is 0 Å². The van der Waals surface area contributed by atoms with Gasteiger partial charge in [-0.3, -0.25) is 0 Å². The highest BCUT2D eigenvalue weighted by Crippen LogP contribution is 2.30. The summed E-state index contributed by atoms with van der Waals surface area (Å²) in [6, 6.07) is 5.38. The third-order valence-electron chi connectivity index (χ3n) is 4.55. The van der Waals surface area contributed by atoms with Gasteiger partial charge in [-0.25, -0.2) is 4.39 Å². The summed E-state index contributed by atoms with van der Waals surface area (Å²) in [7, 11) is 0. The highest BCUT2D eigenvalue weighted by molar-refractivity contribution is 6.31. The smallest absolute Gasteiger partial charge is 0.124 e. The van der Waals surface area contributed by atoms with Crippen LogP contribution in [-0.2, 0) is 0 Å². The zero-order chi connectivity index (χ0) is 14.5. The molecule has 0 amide bonds. The van der Waals surface area contributed by atoms with Crippen molar-refractivity contribution in [1.29, 1.82) is 0 Å². The second-order valence-electron chi connectivity index (χ2n) is 5.97. The molecule has 1 saturated carbocycles. The maximum atomic E-state index is 13.1. The van der Waals surface area contributed by atoms with Crippen LogP contribution in [0.5, 0.6) is 0 Å². The Labute approximate surface area is 126 Å². The van der Waals surface area contributed by atoms with Crippen molar-refractivity contribution in [3.05, 3.63) is 34.6 Å². The van der Waals surface area contributed by atoms with Gasteiger partial charge in [-0.05, 0) is 49.8 Å². The molecule has 1 fully saturated rings. The number of hydrogen-bond donors (Lipinski definition) is 1.